The van der Waals surface area contributed by atoms with Crippen LogP contribution >= 0.6 is 11.3 Å². The van der Waals surface area contributed by atoms with Crippen molar-refractivity contribution in [1.29, 1.82) is 0 Å². The molecule has 1 unspecified atom stereocenters. The molecule has 2 aromatic heterocycles. The van der Waals surface area contributed by atoms with Gasteiger partial charge in [-0.25, -0.2) is 0 Å². The summed E-state index contributed by atoms with van der Waals surface area (Å²) in [5.41, 5.74) is 3.08. The van der Waals surface area contributed by atoms with Crippen LogP contribution in [-0.2, 0) is 11.2 Å². The first kappa shape index (κ1) is 21.0. The SMILES string of the molecule is C=CCN1CCN(C(=O)c2ccc(C)s2)C(Cc2cccc(-c3cccnc3)c2)C1=O. The molecule has 0 aliphatic carbocycles. The number of carbonyl (C=O) groups excluding carboxylic acids is 2. The van der Waals surface area contributed by atoms with Crippen molar-refractivity contribution in [3.63, 3.8) is 0 Å². The van der Waals surface area contributed by atoms with E-state index in [1.807, 2.05) is 55.6 Å². The molecular weight excluding hydrogens is 406 g/mol. The van der Waals surface area contributed by atoms with E-state index in [2.05, 4.69) is 17.6 Å². The average Bonchev–Trinajstić information content (AvgIpc) is 3.23. The van der Waals surface area contributed by atoms with E-state index in [0.29, 0.717) is 30.9 Å². The molecule has 5 nitrogen and oxygen atoms in total. The molecule has 1 aliphatic heterocycles. The van der Waals surface area contributed by atoms with Gasteiger partial charge in [-0.15, -0.1) is 17.9 Å². The monoisotopic (exact) mass is 431 g/mol. The van der Waals surface area contributed by atoms with Gasteiger partial charge in [-0.2, -0.15) is 0 Å². The third kappa shape index (κ3) is 4.59. The lowest BCUT2D eigenvalue weighted by Gasteiger charge is -2.40. The Hall–Kier alpha value is -3.25. The van der Waals surface area contributed by atoms with Crippen molar-refractivity contribution < 1.29 is 9.59 Å². The van der Waals surface area contributed by atoms with Gasteiger partial charge in [0.05, 0.1) is 4.88 Å². The van der Waals surface area contributed by atoms with Crippen LogP contribution < -0.4 is 0 Å². The number of aromatic nitrogens is 1. The molecule has 31 heavy (non-hydrogen) atoms. The molecule has 3 aromatic rings. The summed E-state index contributed by atoms with van der Waals surface area (Å²) in [6.07, 6.45) is 5.78. The van der Waals surface area contributed by atoms with E-state index in [0.717, 1.165) is 21.6 Å². The second-order valence-electron chi connectivity index (χ2n) is 7.64. The number of carbonyl (C=O) groups is 2. The Balaban J connectivity index is 1.63. The Morgan fingerprint density at radius 1 is 1.19 bits per heavy atom. The highest BCUT2D eigenvalue weighted by atomic mass is 32.1. The predicted molar refractivity (Wildman–Crippen MR) is 124 cm³/mol. The number of thiophene rings is 1. The van der Waals surface area contributed by atoms with Crippen LogP contribution in [0.4, 0.5) is 0 Å². The maximum Gasteiger partial charge on any atom is 0.264 e. The lowest BCUT2D eigenvalue weighted by atomic mass is 9.97. The van der Waals surface area contributed by atoms with Gasteiger partial charge in [0.1, 0.15) is 6.04 Å². The smallest absolute Gasteiger partial charge is 0.264 e. The molecule has 3 heterocycles. The Bertz CT molecular complexity index is 1090. The molecular formula is C25H25N3O2S. The average molecular weight is 432 g/mol. The molecule has 0 bridgehead atoms. The van der Waals surface area contributed by atoms with Gasteiger partial charge in [0.15, 0.2) is 0 Å². The second kappa shape index (κ2) is 9.27. The van der Waals surface area contributed by atoms with Crippen LogP contribution in [0.25, 0.3) is 11.1 Å². The number of piperazine rings is 1. The topological polar surface area (TPSA) is 53.5 Å². The van der Waals surface area contributed by atoms with Crippen molar-refractivity contribution in [3.8, 4) is 11.1 Å². The fourth-order valence-corrected chi connectivity index (χ4v) is 4.77. The van der Waals surface area contributed by atoms with E-state index < -0.39 is 6.04 Å². The minimum atomic E-state index is -0.534. The standard InChI is InChI=1S/C25H25N3O2S/c1-3-12-27-13-14-28(25(30)23-10-9-18(2)31-23)22(24(27)29)16-19-6-4-7-20(15-19)21-8-5-11-26-17-21/h3-11,15,17,22H,1,12-14,16H2,2H3. The number of nitrogens with zero attached hydrogens (tertiary/aromatic N) is 3. The normalized spacial score (nSPS) is 16.4. The summed E-state index contributed by atoms with van der Waals surface area (Å²) in [6, 6.07) is 15.3. The Morgan fingerprint density at radius 3 is 2.74 bits per heavy atom. The third-order valence-electron chi connectivity index (χ3n) is 5.50. The van der Waals surface area contributed by atoms with Gasteiger partial charge in [-0.05, 0) is 41.8 Å². The number of amides is 2. The van der Waals surface area contributed by atoms with Gasteiger partial charge >= 0.3 is 0 Å². The number of benzene rings is 1. The van der Waals surface area contributed by atoms with Crippen LogP contribution in [0, 0.1) is 6.92 Å². The number of hydrogen-bond donors (Lipinski definition) is 0. The van der Waals surface area contributed by atoms with Gasteiger partial charge in [0.2, 0.25) is 5.91 Å². The van der Waals surface area contributed by atoms with E-state index in [9.17, 15) is 9.59 Å². The molecule has 4 rings (SSSR count). The molecule has 0 N–H and O–H groups in total. The summed E-state index contributed by atoms with van der Waals surface area (Å²) in [5.74, 6) is -0.0994. The maximum absolute atomic E-state index is 13.3. The van der Waals surface area contributed by atoms with Gasteiger partial charge in [0, 0.05) is 43.3 Å². The summed E-state index contributed by atoms with van der Waals surface area (Å²) in [7, 11) is 0. The van der Waals surface area contributed by atoms with Gasteiger partial charge in [0.25, 0.3) is 5.91 Å². The highest BCUT2D eigenvalue weighted by Gasteiger charge is 2.37. The quantitative estimate of drug-likeness (QED) is 0.550. The van der Waals surface area contributed by atoms with Crippen LogP contribution in [-0.4, -0.2) is 52.3 Å². The fourth-order valence-electron chi connectivity index (χ4n) is 3.94. The zero-order chi connectivity index (χ0) is 21.8. The Morgan fingerprint density at radius 2 is 2.03 bits per heavy atom. The zero-order valence-electron chi connectivity index (χ0n) is 17.5. The van der Waals surface area contributed by atoms with Gasteiger partial charge < -0.3 is 9.80 Å². The minimum Gasteiger partial charge on any atom is -0.335 e. The van der Waals surface area contributed by atoms with Crippen LogP contribution in [0.15, 0.2) is 73.6 Å². The molecule has 1 atom stereocenters. The van der Waals surface area contributed by atoms with E-state index in [4.69, 9.17) is 0 Å². The maximum atomic E-state index is 13.3. The molecule has 158 valence electrons. The molecule has 0 radical (unpaired) electrons. The molecule has 6 heteroatoms. The summed E-state index contributed by atoms with van der Waals surface area (Å²) < 4.78 is 0. The van der Waals surface area contributed by atoms with Crippen LogP contribution in [0.1, 0.15) is 20.1 Å². The van der Waals surface area contributed by atoms with Crippen molar-refractivity contribution in [2.45, 2.75) is 19.4 Å². The summed E-state index contributed by atoms with van der Waals surface area (Å²) in [4.78, 5) is 36.0. The lowest BCUT2D eigenvalue weighted by molar-refractivity contribution is -0.139. The van der Waals surface area contributed by atoms with E-state index in [1.54, 1.807) is 22.1 Å². The van der Waals surface area contributed by atoms with Crippen LogP contribution in [0.5, 0.6) is 0 Å². The van der Waals surface area contributed by atoms with Crippen molar-refractivity contribution >= 4 is 23.2 Å². The minimum absolute atomic E-state index is 0.0282. The first-order valence-corrected chi connectivity index (χ1v) is 11.1. The number of aryl methyl sites for hydroxylation is 1. The highest BCUT2D eigenvalue weighted by Crippen LogP contribution is 2.25. The Kier molecular flexibility index (Phi) is 6.28. The highest BCUT2D eigenvalue weighted by molar-refractivity contribution is 7.13. The second-order valence-corrected chi connectivity index (χ2v) is 8.93. The summed E-state index contributed by atoms with van der Waals surface area (Å²) in [6.45, 7) is 7.28. The first-order valence-electron chi connectivity index (χ1n) is 10.3. The molecule has 1 aliphatic rings. The van der Waals surface area contributed by atoms with Crippen molar-refractivity contribution in [3.05, 3.63) is 88.9 Å². The number of rotatable bonds is 6. The molecule has 1 saturated heterocycles. The van der Waals surface area contributed by atoms with E-state index in [-0.39, 0.29) is 11.8 Å². The first-order chi connectivity index (χ1) is 15.1. The molecule has 0 spiro atoms. The molecule has 1 aromatic carbocycles. The van der Waals surface area contributed by atoms with Crippen molar-refractivity contribution in [1.82, 2.24) is 14.8 Å². The van der Waals surface area contributed by atoms with Crippen LogP contribution in [0.2, 0.25) is 0 Å². The zero-order valence-corrected chi connectivity index (χ0v) is 18.3. The predicted octanol–water partition coefficient (Wildman–Crippen LogP) is 4.20. The summed E-state index contributed by atoms with van der Waals surface area (Å²) >= 11 is 1.47. The molecule has 2 amide bonds. The van der Waals surface area contributed by atoms with Crippen molar-refractivity contribution in [2.24, 2.45) is 0 Å². The van der Waals surface area contributed by atoms with Gasteiger partial charge in [-0.1, -0.05) is 36.4 Å². The lowest BCUT2D eigenvalue weighted by Crippen LogP contribution is -2.59. The third-order valence-corrected chi connectivity index (χ3v) is 6.48. The largest absolute Gasteiger partial charge is 0.335 e. The van der Waals surface area contributed by atoms with E-state index >= 15 is 0 Å². The number of pyridine rings is 1. The Labute approximate surface area is 186 Å². The number of hydrogen-bond acceptors (Lipinski definition) is 4. The van der Waals surface area contributed by atoms with Gasteiger partial charge in [-0.3, -0.25) is 14.6 Å². The summed E-state index contributed by atoms with van der Waals surface area (Å²) in [5, 5.41) is 0. The van der Waals surface area contributed by atoms with Crippen LogP contribution in [0.3, 0.4) is 0 Å². The van der Waals surface area contributed by atoms with E-state index in [1.165, 1.54) is 11.3 Å². The molecule has 0 saturated carbocycles. The van der Waals surface area contributed by atoms with Crippen molar-refractivity contribution in [2.75, 3.05) is 19.6 Å². The fraction of sp³-hybridized carbons (Fsp3) is 0.240. The molecule has 1 fully saturated rings.